The predicted molar refractivity (Wildman–Crippen MR) is 84.3 cm³/mol. The fourth-order valence-corrected chi connectivity index (χ4v) is 3.84. The van der Waals surface area contributed by atoms with Crippen LogP contribution in [-0.4, -0.2) is 49.6 Å². The summed E-state index contributed by atoms with van der Waals surface area (Å²) in [5.74, 6) is 0.0151. The minimum absolute atomic E-state index is 0.0118. The largest absolute Gasteiger partial charge is 0.349 e. The molecule has 1 aliphatic rings. The van der Waals surface area contributed by atoms with Gasteiger partial charge in [0, 0.05) is 25.6 Å². The second-order valence-corrected chi connectivity index (χ2v) is 8.01. The molecule has 0 bridgehead atoms. The van der Waals surface area contributed by atoms with Crippen molar-refractivity contribution in [2.45, 2.75) is 52.0 Å². The van der Waals surface area contributed by atoms with E-state index in [1.165, 1.54) is 4.31 Å². The highest BCUT2D eigenvalue weighted by Crippen LogP contribution is 2.22. The van der Waals surface area contributed by atoms with Gasteiger partial charge in [0.25, 0.3) is 0 Å². The molecule has 0 aromatic heterocycles. The zero-order valence-corrected chi connectivity index (χ0v) is 14.2. The number of piperidine rings is 1. The molecular formula is C14H29N3O3S. The third-order valence-electron chi connectivity index (χ3n) is 4.72. The summed E-state index contributed by atoms with van der Waals surface area (Å²) in [6, 6.07) is 0. The number of carbonyl (C=O) groups excluding carboxylic acids is 1. The number of nitrogens with two attached hydrogens (primary N) is 1. The number of carbonyl (C=O) groups is 1. The highest BCUT2D eigenvalue weighted by Gasteiger charge is 2.33. The van der Waals surface area contributed by atoms with Gasteiger partial charge in [0.1, 0.15) is 0 Å². The van der Waals surface area contributed by atoms with E-state index < -0.39 is 10.0 Å². The molecule has 1 heterocycles. The van der Waals surface area contributed by atoms with Crippen LogP contribution in [0.4, 0.5) is 0 Å². The number of hydrogen-bond acceptors (Lipinski definition) is 4. The lowest BCUT2D eigenvalue weighted by Gasteiger charge is -2.35. The second-order valence-electron chi connectivity index (χ2n) is 5.75. The minimum atomic E-state index is -3.14. The molecule has 0 unspecified atom stereocenters. The van der Waals surface area contributed by atoms with Crippen molar-refractivity contribution in [1.82, 2.24) is 9.62 Å². The van der Waals surface area contributed by atoms with E-state index in [1.54, 1.807) is 6.92 Å². The summed E-state index contributed by atoms with van der Waals surface area (Å²) >= 11 is 0. The third-order valence-corrected chi connectivity index (χ3v) is 6.60. The monoisotopic (exact) mass is 319 g/mol. The Hall–Kier alpha value is -0.660. The maximum absolute atomic E-state index is 12.4. The smallest absolute Gasteiger partial charge is 0.223 e. The first-order valence-electron chi connectivity index (χ1n) is 7.84. The van der Waals surface area contributed by atoms with Gasteiger partial charge in [-0.25, -0.2) is 12.7 Å². The zero-order valence-electron chi connectivity index (χ0n) is 13.4. The van der Waals surface area contributed by atoms with Crippen LogP contribution in [0.5, 0.6) is 0 Å². The van der Waals surface area contributed by atoms with Crippen LogP contribution in [0.15, 0.2) is 0 Å². The standard InChI is InChI=1S/C14H29N3O3S/c1-4-14(5-2,11-15)16-13(18)12-7-9-17(10-8-12)21(19,20)6-3/h12H,4-11,15H2,1-3H3,(H,16,18). The van der Waals surface area contributed by atoms with E-state index in [-0.39, 0.29) is 23.1 Å². The Morgan fingerprint density at radius 2 is 1.76 bits per heavy atom. The van der Waals surface area contributed by atoms with Crippen molar-refractivity contribution in [2.24, 2.45) is 11.7 Å². The molecule has 7 heteroatoms. The highest BCUT2D eigenvalue weighted by atomic mass is 32.2. The maximum atomic E-state index is 12.4. The number of rotatable bonds is 7. The average Bonchev–Trinajstić information content (AvgIpc) is 2.52. The van der Waals surface area contributed by atoms with E-state index in [1.807, 2.05) is 13.8 Å². The van der Waals surface area contributed by atoms with Gasteiger partial charge in [-0.3, -0.25) is 4.79 Å². The number of amides is 1. The fraction of sp³-hybridized carbons (Fsp3) is 0.929. The van der Waals surface area contributed by atoms with Gasteiger partial charge in [0.15, 0.2) is 0 Å². The maximum Gasteiger partial charge on any atom is 0.223 e. The molecule has 3 N–H and O–H groups in total. The Balaban J connectivity index is 2.60. The summed E-state index contributed by atoms with van der Waals surface area (Å²) in [7, 11) is -3.14. The van der Waals surface area contributed by atoms with E-state index in [2.05, 4.69) is 5.32 Å². The summed E-state index contributed by atoms with van der Waals surface area (Å²) in [4.78, 5) is 12.4. The van der Waals surface area contributed by atoms with Crippen LogP contribution in [-0.2, 0) is 14.8 Å². The molecule has 0 atom stereocenters. The number of sulfonamides is 1. The normalized spacial score (nSPS) is 18.7. The number of nitrogens with one attached hydrogen (secondary N) is 1. The van der Waals surface area contributed by atoms with Crippen molar-refractivity contribution >= 4 is 15.9 Å². The van der Waals surface area contributed by atoms with Crippen LogP contribution in [0.25, 0.3) is 0 Å². The molecule has 1 rings (SSSR count). The van der Waals surface area contributed by atoms with Crippen LogP contribution in [0, 0.1) is 5.92 Å². The van der Waals surface area contributed by atoms with Crippen molar-refractivity contribution in [1.29, 1.82) is 0 Å². The summed E-state index contributed by atoms with van der Waals surface area (Å²) in [6.07, 6.45) is 2.77. The van der Waals surface area contributed by atoms with Crippen LogP contribution >= 0.6 is 0 Å². The van der Waals surface area contributed by atoms with Crippen molar-refractivity contribution < 1.29 is 13.2 Å². The molecule has 0 aliphatic carbocycles. The van der Waals surface area contributed by atoms with E-state index >= 15 is 0 Å². The molecule has 0 saturated carbocycles. The number of nitrogens with zero attached hydrogens (tertiary/aromatic N) is 1. The van der Waals surface area contributed by atoms with Gasteiger partial charge in [-0.1, -0.05) is 13.8 Å². The molecule has 0 aromatic carbocycles. The molecule has 1 aliphatic heterocycles. The van der Waals surface area contributed by atoms with Crippen molar-refractivity contribution in [3.63, 3.8) is 0 Å². The molecular weight excluding hydrogens is 290 g/mol. The van der Waals surface area contributed by atoms with E-state index in [4.69, 9.17) is 5.73 Å². The van der Waals surface area contributed by atoms with Crippen LogP contribution in [0.1, 0.15) is 46.5 Å². The second kappa shape index (κ2) is 7.56. The predicted octanol–water partition coefficient (Wildman–Crippen LogP) is 0.682. The first-order chi connectivity index (χ1) is 9.84. The topological polar surface area (TPSA) is 92.5 Å². The number of hydrogen-bond donors (Lipinski definition) is 2. The average molecular weight is 319 g/mol. The van der Waals surface area contributed by atoms with E-state index in [0.717, 1.165) is 12.8 Å². The van der Waals surface area contributed by atoms with Gasteiger partial charge >= 0.3 is 0 Å². The summed E-state index contributed by atoms with van der Waals surface area (Å²) in [5, 5.41) is 3.08. The molecule has 1 fully saturated rings. The SMILES string of the molecule is CCC(CC)(CN)NC(=O)C1CCN(S(=O)(=O)CC)CC1. The molecule has 0 spiro atoms. The lowest BCUT2D eigenvalue weighted by Crippen LogP contribution is -2.55. The van der Waals surface area contributed by atoms with Gasteiger partial charge in [-0.05, 0) is 32.6 Å². The quantitative estimate of drug-likeness (QED) is 0.722. The summed E-state index contributed by atoms with van der Waals surface area (Å²) in [5.41, 5.74) is 5.47. The Kier molecular flexibility index (Phi) is 6.62. The third kappa shape index (κ3) is 4.40. The Bertz CT molecular complexity index is 430. The summed E-state index contributed by atoms with van der Waals surface area (Å²) < 4.78 is 25.1. The van der Waals surface area contributed by atoms with Gasteiger partial charge in [-0.2, -0.15) is 0 Å². The van der Waals surface area contributed by atoms with Gasteiger partial charge < -0.3 is 11.1 Å². The molecule has 1 amide bonds. The van der Waals surface area contributed by atoms with Crippen molar-refractivity contribution in [3.8, 4) is 0 Å². The Morgan fingerprint density at radius 1 is 1.24 bits per heavy atom. The van der Waals surface area contributed by atoms with Crippen LogP contribution in [0.2, 0.25) is 0 Å². The lowest BCUT2D eigenvalue weighted by molar-refractivity contribution is -0.128. The van der Waals surface area contributed by atoms with E-state index in [9.17, 15) is 13.2 Å². The Morgan fingerprint density at radius 3 is 2.14 bits per heavy atom. The zero-order chi connectivity index (χ0) is 16.1. The fourth-order valence-electron chi connectivity index (χ4n) is 2.71. The Labute approximate surface area is 128 Å². The van der Waals surface area contributed by atoms with Gasteiger partial charge in [0.05, 0.1) is 11.3 Å². The first-order valence-corrected chi connectivity index (χ1v) is 9.45. The molecule has 0 radical (unpaired) electrons. The summed E-state index contributed by atoms with van der Waals surface area (Å²) in [6.45, 7) is 6.98. The van der Waals surface area contributed by atoms with Crippen molar-refractivity contribution in [2.75, 3.05) is 25.4 Å². The van der Waals surface area contributed by atoms with Crippen LogP contribution in [0.3, 0.4) is 0 Å². The first kappa shape index (κ1) is 18.4. The van der Waals surface area contributed by atoms with Gasteiger partial charge in [0.2, 0.25) is 15.9 Å². The molecule has 21 heavy (non-hydrogen) atoms. The minimum Gasteiger partial charge on any atom is -0.349 e. The molecule has 1 saturated heterocycles. The van der Waals surface area contributed by atoms with Crippen molar-refractivity contribution in [3.05, 3.63) is 0 Å². The molecule has 6 nitrogen and oxygen atoms in total. The molecule has 124 valence electrons. The van der Waals surface area contributed by atoms with E-state index in [0.29, 0.717) is 32.5 Å². The lowest BCUT2D eigenvalue weighted by atomic mass is 9.90. The van der Waals surface area contributed by atoms with Gasteiger partial charge in [-0.15, -0.1) is 0 Å². The highest BCUT2D eigenvalue weighted by molar-refractivity contribution is 7.89. The van der Waals surface area contributed by atoms with Crippen LogP contribution < -0.4 is 11.1 Å². The molecule has 0 aromatic rings.